The Labute approximate surface area is 60.3 Å². The number of hydrogen-bond donors (Lipinski definition) is 1. The van der Waals surface area contributed by atoms with E-state index in [1.165, 1.54) is 12.4 Å². The van der Waals surface area contributed by atoms with E-state index >= 15 is 0 Å². The molecule has 1 N–H and O–H groups in total. The number of hydrogen-bond acceptors (Lipinski definition) is 5. The maximum absolute atomic E-state index is 10.6. The van der Waals surface area contributed by atoms with Crippen molar-refractivity contribution in [3.05, 3.63) is 22.9 Å². The van der Waals surface area contributed by atoms with Crippen LogP contribution in [0.1, 0.15) is 0 Å². The summed E-state index contributed by atoms with van der Waals surface area (Å²) in [6.07, 6.45) is 2.66. The van der Waals surface area contributed by atoms with Gasteiger partial charge in [-0.05, 0) is 0 Å². The summed E-state index contributed by atoms with van der Waals surface area (Å²) in [5.74, 6) is 0. The van der Waals surface area contributed by atoms with Crippen molar-refractivity contribution in [3.63, 3.8) is 0 Å². The highest BCUT2D eigenvalue weighted by molar-refractivity contribution is 5.69. The second-order valence-electron chi connectivity index (χ2n) is 1.89. The van der Waals surface area contributed by atoms with Gasteiger partial charge in [0.25, 0.3) is 0 Å². The second kappa shape index (κ2) is 2.08. The molecule has 0 bridgehead atoms. The van der Waals surface area contributed by atoms with Crippen LogP contribution in [0.3, 0.4) is 0 Å². The summed E-state index contributed by atoms with van der Waals surface area (Å²) in [5.41, 5.74) is 0.518. The molecule has 0 radical (unpaired) electrons. The van der Waals surface area contributed by atoms with Crippen LogP contribution >= 0.6 is 0 Å². The van der Waals surface area contributed by atoms with E-state index in [1.807, 2.05) is 0 Å². The predicted molar refractivity (Wildman–Crippen MR) is 35.7 cm³/mol. The predicted octanol–water partition coefficient (Wildman–Crippen LogP) is -0.892. The molecule has 0 saturated carbocycles. The van der Waals surface area contributed by atoms with Crippen LogP contribution in [0.25, 0.3) is 11.0 Å². The minimum Gasteiger partial charge on any atom is -0.244 e. The van der Waals surface area contributed by atoms with Crippen molar-refractivity contribution in [1.82, 2.24) is 25.4 Å². The molecular formula is C5H3N5O. The highest BCUT2D eigenvalue weighted by Crippen LogP contribution is 1.97. The van der Waals surface area contributed by atoms with Crippen molar-refractivity contribution in [3.8, 4) is 0 Å². The fourth-order valence-electron chi connectivity index (χ4n) is 0.703. The van der Waals surface area contributed by atoms with Gasteiger partial charge in [0.15, 0.2) is 0 Å². The lowest BCUT2D eigenvalue weighted by Crippen LogP contribution is -2.03. The SMILES string of the molecule is O=c1ncc2n[nH]nc2cn1. The first-order chi connectivity index (χ1) is 5.36. The molecule has 11 heavy (non-hydrogen) atoms. The molecule has 0 saturated heterocycles. The van der Waals surface area contributed by atoms with E-state index in [9.17, 15) is 4.79 Å². The van der Waals surface area contributed by atoms with Crippen LogP contribution in [0, 0.1) is 0 Å². The molecular weight excluding hydrogens is 146 g/mol. The highest BCUT2D eigenvalue weighted by Gasteiger charge is 1.94. The minimum atomic E-state index is -0.537. The molecule has 2 heterocycles. The topological polar surface area (TPSA) is 84.4 Å². The Balaban J connectivity index is 2.96. The van der Waals surface area contributed by atoms with Crippen LogP contribution in [0.2, 0.25) is 0 Å². The third kappa shape index (κ3) is 0.936. The first-order valence-electron chi connectivity index (χ1n) is 2.89. The average Bonchev–Trinajstić information content (AvgIpc) is 2.38. The maximum Gasteiger partial charge on any atom is 0.367 e. The van der Waals surface area contributed by atoms with Crippen molar-refractivity contribution in [2.24, 2.45) is 0 Å². The Hall–Kier alpha value is -1.85. The summed E-state index contributed by atoms with van der Waals surface area (Å²) in [6.45, 7) is 0. The van der Waals surface area contributed by atoms with Crippen LogP contribution < -0.4 is 5.69 Å². The number of nitrogens with one attached hydrogen (secondary N) is 1. The Morgan fingerprint density at radius 3 is 2.18 bits per heavy atom. The van der Waals surface area contributed by atoms with Crippen molar-refractivity contribution >= 4 is 11.0 Å². The van der Waals surface area contributed by atoms with Crippen LogP contribution in [-0.2, 0) is 0 Å². The van der Waals surface area contributed by atoms with E-state index in [4.69, 9.17) is 0 Å². The van der Waals surface area contributed by atoms with Crippen molar-refractivity contribution < 1.29 is 0 Å². The number of aromatic amines is 1. The van der Waals surface area contributed by atoms with Gasteiger partial charge < -0.3 is 0 Å². The third-order valence-corrected chi connectivity index (χ3v) is 1.20. The first kappa shape index (κ1) is 5.90. The molecule has 0 unspecified atom stereocenters. The van der Waals surface area contributed by atoms with E-state index in [2.05, 4.69) is 25.4 Å². The second-order valence-corrected chi connectivity index (χ2v) is 1.89. The lowest BCUT2D eigenvalue weighted by atomic mass is 10.5. The van der Waals surface area contributed by atoms with E-state index < -0.39 is 5.69 Å². The molecule has 0 aliphatic carbocycles. The summed E-state index contributed by atoms with van der Waals surface area (Å²) in [4.78, 5) is 17.5. The van der Waals surface area contributed by atoms with Gasteiger partial charge in [-0.3, -0.25) is 0 Å². The smallest absolute Gasteiger partial charge is 0.244 e. The van der Waals surface area contributed by atoms with Gasteiger partial charge in [0.2, 0.25) is 0 Å². The highest BCUT2D eigenvalue weighted by atomic mass is 16.1. The van der Waals surface area contributed by atoms with E-state index in [1.54, 1.807) is 0 Å². The number of aromatic nitrogens is 5. The molecule has 0 aliphatic heterocycles. The molecule has 6 heteroatoms. The fraction of sp³-hybridized carbons (Fsp3) is 0. The zero-order chi connectivity index (χ0) is 7.68. The summed E-state index contributed by atoms with van der Waals surface area (Å²) < 4.78 is 0. The van der Waals surface area contributed by atoms with Crippen LogP contribution in [-0.4, -0.2) is 25.4 Å². The van der Waals surface area contributed by atoms with Crippen molar-refractivity contribution in [2.45, 2.75) is 0 Å². The summed E-state index contributed by atoms with van der Waals surface area (Å²) in [5, 5.41) is 9.83. The molecule has 0 fully saturated rings. The lowest BCUT2D eigenvalue weighted by Gasteiger charge is -1.66. The monoisotopic (exact) mass is 149 g/mol. The van der Waals surface area contributed by atoms with Crippen LogP contribution in [0.5, 0.6) is 0 Å². The van der Waals surface area contributed by atoms with Crippen molar-refractivity contribution in [1.29, 1.82) is 0 Å². The average molecular weight is 149 g/mol. The zero-order valence-corrected chi connectivity index (χ0v) is 5.35. The largest absolute Gasteiger partial charge is 0.367 e. The molecule has 2 aromatic heterocycles. The standard InChI is InChI=1S/C5H3N5O/c11-5-6-1-3-4(2-7-5)9-10-8-3/h1-2H,(H,8,9,10). The molecule has 0 atom stereocenters. The third-order valence-electron chi connectivity index (χ3n) is 1.20. The van der Waals surface area contributed by atoms with Crippen LogP contribution in [0.4, 0.5) is 0 Å². The number of nitrogens with zero attached hydrogens (tertiary/aromatic N) is 4. The normalized spacial score (nSPS) is 10.2. The van der Waals surface area contributed by atoms with Gasteiger partial charge in [0.1, 0.15) is 11.0 Å². The Morgan fingerprint density at radius 1 is 1.09 bits per heavy atom. The van der Waals surface area contributed by atoms with Gasteiger partial charge in [-0.2, -0.15) is 25.4 Å². The molecule has 2 rings (SSSR count). The van der Waals surface area contributed by atoms with Gasteiger partial charge in [-0.15, -0.1) is 0 Å². The van der Waals surface area contributed by atoms with Crippen molar-refractivity contribution in [2.75, 3.05) is 0 Å². The fourth-order valence-corrected chi connectivity index (χ4v) is 0.703. The van der Waals surface area contributed by atoms with Gasteiger partial charge in [0.05, 0.1) is 12.4 Å². The van der Waals surface area contributed by atoms with Gasteiger partial charge in [-0.1, -0.05) is 0 Å². The Morgan fingerprint density at radius 2 is 1.64 bits per heavy atom. The molecule has 54 valence electrons. The summed E-state index contributed by atoms with van der Waals surface area (Å²) in [6, 6.07) is 0. The minimum absolute atomic E-state index is 0.527. The zero-order valence-electron chi connectivity index (χ0n) is 5.35. The summed E-state index contributed by atoms with van der Waals surface area (Å²) in [7, 11) is 0. The number of fused-ring (bicyclic) bond motifs is 1. The van der Waals surface area contributed by atoms with Gasteiger partial charge in [0, 0.05) is 0 Å². The Kier molecular flexibility index (Phi) is 1.12. The molecule has 0 amide bonds. The molecule has 6 nitrogen and oxygen atoms in total. The quantitative estimate of drug-likeness (QED) is 0.525. The molecule has 0 spiro atoms. The number of H-pyrrole nitrogens is 1. The first-order valence-corrected chi connectivity index (χ1v) is 2.89. The van der Waals surface area contributed by atoms with E-state index in [0.717, 1.165) is 0 Å². The maximum atomic E-state index is 10.6. The van der Waals surface area contributed by atoms with Gasteiger partial charge in [-0.25, -0.2) is 4.79 Å². The summed E-state index contributed by atoms with van der Waals surface area (Å²) >= 11 is 0. The van der Waals surface area contributed by atoms with Crippen LogP contribution in [0.15, 0.2) is 17.2 Å². The molecule has 0 aliphatic rings. The van der Waals surface area contributed by atoms with E-state index in [-0.39, 0.29) is 0 Å². The van der Waals surface area contributed by atoms with Gasteiger partial charge >= 0.3 is 5.69 Å². The lowest BCUT2D eigenvalue weighted by molar-refractivity contribution is 0.953. The number of rotatable bonds is 0. The van der Waals surface area contributed by atoms with E-state index in [0.29, 0.717) is 11.0 Å². The molecule has 2 aromatic rings. The molecule has 0 aromatic carbocycles. The Bertz CT molecular complexity index is 399.